The average molecular weight is 343 g/mol. The predicted octanol–water partition coefficient (Wildman–Crippen LogP) is 2.90. The first kappa shape index (κ1) is 16.5. The lowest BCUT2D eigenvalue weighted by Crippen LogP contribution is -2.31. The fourth-order valence-corrected chi connectivity index (χ4v) is 2.54. The maximum Gasteiger partial charge on any atom is 0.257 e. The molecule has 1 rings (SSSR count). The van der Waals surface area contributed by atoms with Crippen LogP contribution in [-0.4, -0.2) is 36.9 Å². The van der Waals surface area contributed by atoms with Crippen LogP contribution in [-0.2, 0) is 4.79 Å². The number of halogens is 1. The van der Waals surface area contributed by atoms with Crippen LogP contribution in [0.1, 0.15) is 31.1 Å². The Morgan fingerprint density at radius 2 is 1.90 bits per heavy atom. The summed E-state index contributed by atoms with van der Waals surface area (Å²) in [7, 11) is 1.51. The Balaban J connectivity index is 3.30. The first-order valence-electron chi connectivity index (χ1n) is 6.38. The number of anilines is 1. The van der Waals surface area contributed by atoms with Gasteiger partial charge in [-0.3, -0.25) is 9.59 Å². The highest BCUT2D eigenvalue weighted by Crippen LogP contribution is 2.33. The van der Waals surface area contributed by atoms with Crippen molar-refractivity contribution in [1.29, 1.82) is 0 Å². The van der Waals surface area contributed by atoms with Crippen LogP contribution in [0.5, 0.6) is 5.75 Å². The smallest absolute Gasteiger partial charge is 0.257 e. The van der Waals surface area contributed by atoms with Gasteiger partial charge in [-0.25, -0.2) is 0 Å². The Hall–Kier alpha value is -1.56. The summed E-state index contributed by atoms with van der Waals surface area (Å²) < 4.78 is 5.92. The second-order valence-corrected chi connectivity index (χ2v) is 5.05. The highest BCUT2D eigenvalue weighted by atomic mass is 79.9. The molecule has 0 aliphatic carbocycles. The summed E-state index contributed by atoms with van der Waals surface area (Å²) in [5, 5.41) is 2.67. The number of nitrogens with zero attached hydrogens (tertiary/aromatic N) is 1. The van der Waals surface area contributed by atoms with E-state index in [0.29, 0.717) is 34.6 Å². The van der Waals surface area contributed by atoms with Crippen LogP contribution in [0.3, 0.4) is 0 Å². The molecule has 0 radical (unpaired) electrons. The molecule has 1 aromatic rings. The van der Waals surface area contributed by atoms with Gasteiger partial charge in [-0.1, -0.05) is 0 Å². The van der Waals surface area contributed by atoms with E-state index in [-0.39, 0.29) is 11.8 Å². The molecule has 20 heavy (non-hydrogen) atoms. The summed E-state index contributed by atoms with van der Waals surface area (Å²) in [6, 6.07) is 3.34. The van der Waals surface area contributed by atoms with E-state index in [2.05, 4.69) is 21.2 Å². The fraction of sp³-hybridized carbons (Fsp3) is 0.429. The molecule has 0 heterocycles. The standard InChI is InChI=1S/C14H19BrN2O3/c1-5-17(6-2)14(19)11-7-10(16-9(3)18)8-12(15)13(11)20-4/h7-8H,5-6H2,1-4H3,(H,16,18). The number of nitrogens with one attached hydrogen (secondary N) is 1. The van der Waals surface area contributed by atoms with Crippen LogP contribution in [0, 0.1) is 0 Å². The van der Waals surface area contributed by atoms with Gasteiger partial charge < -0.3 is 15.0 Å². The Morgan fingerprint density at radius 1 is 1.30 bits per heavy atom. The maximum absolute atomic E-state index is 12.5. The Morgan fingerprint density at radius 3 is 2.35 bits per heavy atom. The monoisotopic (exact) mass is 342 g/mol. The third kappa shape index (κ3) is 3.72. The largest absolute Gasteiger partial charge is 0.495 e. The number of ether oxygens (including phenoxy) is 1. The summed E-state index contributed by atoms with van der Waals surface area (Å²) in [5.41, 5.74) is 0.981. The molecule has 0 aliphatic rings. The van der Waals surface area contributed by atoms with E-state index in [9.17, 15) is 9.59 Å². The molecule has 0 saturated heterocycles. The van der Waals surface area contributed by atoms with Crippen molar-refractivity contribution in [2.75, 3.05) is 25.5 Å². The van der Waals surface area contributed by atoms with Gasteiger partial charge in [0.05, 0.1) is 17.1 Å². The van der Waals surface area contributed by atoms with E-state index >= 15 is 0 Å². The van der Waals surface area contributed by atoms with E-state index in [1.165, 1.54) is 14.0 Å². The zero-order valence-electron chi connectivity index (χ0n) is 12.1. The molecule has 110 valence electrons. The Bertz CT molecular complexity index is 513. The summed E-state index contributed by atoms with van der Waals surface area (Å²) in [6.45, 7) is 6.48. The number of rotatable bonds is 5. The lowest BCUT2D eigenvalue weighted by atomic mass is 10.1. The first-order chi connectivity index (χ1) is 9.44. The molecule has 0 spiro atoms. The molecule has 1 aromatic carbocycles. The lowest BCUT2D eigenvalue weighted by Gasteiger charge is -2.21. The van der Waals surface area contributed by atoms with Crippen LogP contribution in [0.15, 0.2) is 16.6 Å². The van der Waals surface area contributed by atoms with Gasteiger partial charge in [-0.2, -0.15) is 0 Å². The number of carbonyl (C=O) groups is 2. The van der Waals surface area contributed by atoms with Crippen molar-refractivity contribution < 1.29 is 14.3 Å². The highest BCUT2D eigenvalue weighted by molar-refractivity contribution is 9.10. The minimum atomic E-state index is -0.191. The normalized spacial score (nSPS) is 10.1. The highest BCUT2D eigenvalue weighted by Gasteiger charge is 2.20. The Labute approximate surface area is 127 Å². The fourth-order valence-electron chi connectivity index (χ4n) is 1.92. The SMILES string of the molecule is CCN(CC)C(=O)c1cc(NC(C)=O)cc(Br)c1OC. The van der Waals surface area contributed by atoms with Crippen molar-refractivity contribution in [1.82, 2.24) is 4.90 Å². The van der Waals surface area contributed by atoms with Crippen LogP contribution in [0.25, 0.3) is 0 Å². The van der Waals surface area contributed by atoms with Gasteiger partial charge in [0.15, 0.2) is 0 Å². The van der Waals surface area contributed by atoms with Crippen molar-refractivity contribution in [3.05, 3.63) is 22.2 Å². The minimum Gasteiger partial charge on any atom is -0.495 e. The Kier molecular flexibility index (Phi) is 6.01. The van der Waals surface area contributed by atoms with Gasteiger partial charge in [-0.05, 0) is 41.9 Å². The predicted molar refractivity (Wildman–Crippen MR) is 82.2 cm³/mol. The molecule has 1 N–H and O–H groups in total. The number of carbonyl (C=O) groups excluding carboxylic acids is 2. The number of hydrogen-bond donors (Lipinski definition) is 1. The van der Waals surface area contributed by atoms with Crippen molar-refractivity contribution in [2.45, 2.75) is 20.8 Å². The van der Waals surface area contributed by atoms with Crippen LogP contribution < -0.4 is 10.1 Å². The van der Waals surface area contributed by atoms with E-state index in [4.69, 9.17) is 4.74 Å². The minimum absolute atomic E-state index is 0.125. The van der Waals surface area contributed by atoms with Crippen LogP contribution in [0.2, 0.25) is 0 Å². The third-order valence-electron chi connectivity index (χ3n) is 2.85. The van der Waals surface area contributed by atoms with Gasteiger partial charge in [0.2, 0.25) is 5.91 Å². The van der Waals surface area contributed by atoms with Crippen molar-refractivity contribution in [3.63, 3.8) is 0 Å². The summed E-state index contributed by atoms with van der Waals surface area (Å²) in [4.78, 5) is 25.3. The van der Waals surface area contributed by atoms with E-state index < -0.39 is 0 Å². The van der Waals surface area contributed by atoms with Gasteiger partial charge in [0.1, 0.15) is 5.75 Å². The second kappa shape index (κ2) is 7.28. The molecule has 0 saturated carbocycles. The molecule has 0 aromatic heterocycles. The van der Waals surface area contributed by atoms with Crippen molar-refractivity contribution >= 4 is 33.4 Å². The molecule has 0 unspecified atom stereocenters. The van der Waals surface area contributed by atoms with Gasteiger partial charge >= 0.3 is 0 Å². The van der Waals surface area contributed by atoms with Crippen molar-refractivity contribution in [2.24, 2.45) is 0 Å². The molecule has 5 nitrogen and oxygen atoms in total. The second-order valence-electron chi connectivity index (χ2n) is 4.20. The maximum atomic E-state index is 12.5. The molecule has 6 heteroatoms. The number of methoxy groups -OCH3 is 1. The van der Waals surface area contributed by atoms with Gasteiger partial charge in [0, 0.05) is 25.7 Å². The molecule has 0 fully saturated rings. The molecular formula is C14H19BrN2O3. The van der Waals surface area contributed by atoms with Gasteiger partial charge in [-0.15, -0.1) is 0 Å². The molecule has 0 bridgehead atoms. The zero-order chi connectivity index (χ0) is 15.3. The molecule has 0 aliphatic heterocycles. The van der Waals surface area contributed by atoms with Gasteiger partial charge in [0.25, 0.3) is 5.91 Å². The summed E-state index contributed by atoms with van der Waals surface area (Å²) >= 11 is 3.36. The van der Waals surface area contributed by atoms with Crippen LogP contribution >= 0.6 is 15.9 Å². The molecular weight excluding hydrogens is 324 g/mol. The van der Waals surface area contributed by atoms with Crippen molar-refractivity contribution in [3.8, 4) is 5.75 Å². The molecule has 0 atom stereocenters. The summed E-state index contributed by atoms with van der Waals surface area (Å²) in [6.07, 6.45) is 0. The third-order valence-corrected chi connectivity index (χ3v) is 3.44. The van der Waals surface area contributed by atoms with Crippen LogP contribution in [0.4, 0.5) is 5.69 Å². The van der Waals surface area contributed by atoms with E-state index in [1.54, 1.807) is 17.0 Å². The lowest BCUT2D eigenvalue weighted by molar-refractivity contribution is -0.114. The number of amides is 2. The summed E-state index contributed by atoms with van der Waals surface area (Å²) in [5.74, 6) is 0.152. The van der Waals surface area contributed by atoms with E-state index in [1.807, 2.05) is 13.8 Å². The first-order valence-corrected chi connectivity index (χ1v) is 7.18. The number of hydrogen-bond acceptors (Lipinski definition) is 3. The average Bonchev–Trinajstić information content (AvgIpc) is 2.38. The zero-order valence-corrected chi connectivity index (χ0v) is 13.7. The van der Waals surface area contributed by atoms with E-state index in [0.717, 1.165) is 0 Å². The number of benzene rings is 1. The quantitative estimate of drug-likeness (QED) is 0.894. The molecule has 2 amide bonds. The topological polar surface area (TPSA) is 58.6 Å².